The number of nitrogens with one attached hydrogen (secondary N) is 1. The summed E-state index contributed by atoms with van der Waals surface area (Å²) in [6.45, 7) is 11.2. The molecule has 0 aromatic carbocycles. The van der Waals surface area contributed by atoms with Crippen molar-refractivity contribution < 1.29 is 4.74 Å². The van der Waals surface area contributed by atoms with E-state index in [1.807, 2.05) is 0 Å². The zero-order chi connectivity index (χ0) is 10.3. The van der Waals surface area contributed by atoms with Crippen LogP contribution in [-0.2, 0) is 4.74 Å². The molecule has 0 bridgehead atoms. The summed E-state index contributed by atoms with van der Waals surface area (Å²) < 4.78 is 5.87. The predicted molar refractivity (Wildman–Crippen MR) is 58.3 cm³/mol. The SMILES string of the molecule is CC(C)C1NCC2C1CCOC2(C)C. The van der Waals surface area contributed by atoms with Crippen LogP contribution in [0.3, 0.4) is 0 Å². The highest BCUT2D eigenvalue weighted by Crippen LogP contribution is 2.41. The van der Waals surface area contributed by atoms with E-state index in [1.54, 1.807) is 0 Å². The third-order valence-corrected chi connectivity index (χ3v) is 4.09. The first kappa shape index (κ1) is 10.4. The van der Waals surface area contributed by atoms with Gasteiger partial charge in [0, 0.05) is 25.1 Å². The Morgan fingerprint density at radius 1 is 1.36 bits per heavy atom. The van der Waals surface area contributed by atoms with Crippen LogP contribution in [0.2, 0.25) is 0 Å². The molecule has 0 aromatic rings. The summed E-state index contributed by atoms with van der Waals surface area (Å²) in [5.41, 5.74) is 0.0829. The first-order valence-corrected chi connectivity index (χ1v) is 5.89. The van der Waals surface area contributed by atoms with Gasteiger partial charge in [-0.3, -0.25) is 0 Å². The second kappa shape index (κ2) is 3.49. The van der Waals surface area contributed by atoms with Crippen molar-refractivity contribution in [2.75, 3.05) is 13.2 Å². The van der Waals surface area contributed by atoms with Crippen molar-refractivity contribution in [3.8, 4) is 0 Å². The summed E-state index contributed by atoms with van der Waals surface area (Å²) in [5, 5.41) is 3.67. The van der Waals surface area contributed by atoms with Crippen LogP contribution in [0.1, 0.15) is 34.1 Å². The lowest BCUT2D eigenvalue weighted by atomic mass is 9.74. The largest absolute Gasteiger partial charge is 0.375 e. The lowest BCUT2D eigenvalue weighted by molar-refractivity contribution is -0.109. The Morgan fingerprint density at radius 2 is 2.07 bits per heavy atom. The Morgan fingerprint density at radius 3 is 2.71 bits per heavy atom. The Hall–Kier alpha value is -0.0800. The molecule has 0 aliphatic carbocycles. The van der Waals surface area contributed by atoms with Crippen LogP contribution in [-0.4, -0.2) is 24.8 Å². The van der Waals surface area contributed by atoms with E-state index >= 15 is 0 Å². The van der Waals surface area contributed by atoms with E-state index < -0.39 is 0 Å². The molecular weight excluding hydrogens is 174 g/mol. The van der Waals surface area contributed by atoms with Crippen LogP contribution in [0.5, 0.6) is 0 Å². The minimum atomic E-state index is 0.0829. The van der Waals surface area contributed by atoms with Crippen molar-refractivity contribution in [1.29, 1.82) is 0 Å². The molecule has 82 valence electrons. The molecule has 0 radical (unpaired) electrons. The lowest BCUT2D eigenvalue weighted by Crippen LogP contribution is -2.45. The van der Waals surface area contributed by atoms with E-state index in [1.165, 1.54) is 6.42 Å². The summed E-state index contributed by atoms with van der Waals surface area (Å²) in [5.74, 6) is 2.29. The Bertz CT molecular complexity index is 212. The predicted octanol–water partition coefficient (Wildman–Crippen LogP) is 2.05. The monoisotopic (exact) mass is 197 g/mol. The van der Waals surface area contributed by atoms with E-state index in [-0.39, 0.29) is 5.60 Å². The average molecular weight is 197 g/mol. The van der Waals surface area contributed by atoms with Crippen LogP contribution >= 0.6 is 0 Å². The quantitative estimate of drug-likeness (QED) is 0.694. The second-order valence-electron chi connectivity index (χ2n) is 5.69. The van der Waals surface area contributed by atoms with Gasteiger partial charge in [-0.25, -0.2) is 0 Å². The Labute approximate surface area is 87.4 Å². The van der Waals surface area contributed by atoms with Crippen LogP contribution in [0.15, 0.2) is 0 Å². The normalized spacial score (nSPS) is 41.4. The molecule has 2 heterocycles. The third kappa shape index (κ3) is 1.59. The van der Waals surface area contributed by atoms with Gasteiger partial charge in [0.05, 0.1) is 5.60 Å². The van der Waals surface area contributed by atoms with Gasteiger partial charge in [-0.2, -0.15) is 0 Å². The van der Waals surface area contributed by atoms with Gasteiger partial charge in [0.25, 0.3) is 0 Å². The first-order chi connectivity index (χ1) is 6.52. The zero-order valence-electron chi connectivity index (χ0n) is 9.84. The van der Waals surface area contributed by atoms with E-state index in [0.29, 0.717) is 12.0 Å². The van der Waals surface area contributed by atoms with Gasteiger partial charge in [-0.05, 0) is 32.1 Å². The van der Waals surface area contributed by atoms with Crippen molar-refractivity contribution >= 4 is 0 Å². The van der Waals surface area contributed by atoms with Gasteiger partial charge in [-0.15, -0.1) is 0 Å². The minimum Gasteiger partial charge on any atom is -0.375 e. The van der Waals surface area contributed by atoms with Crippen molar-refractivity contribution in [3.63, 3.8) is 0 Å². The molecule has 2 fully saturated rings. The maximum absolute atomic E-state index is 5.87. The van der Waals surface area contributed by atoms with Gasteiger partial charge in [0.15, 0.2) is 0 Å². The maximum Gasteiger partial charge on any atom is 0.0669 e. The molecule has 0 amide bonds. The average Bonchev–Trinajstić information content (AvgIpc) is 2.48. The topological polar surface area (TPSA) is 21.3 Å². The van der Waals surface area contributed by atoms with Crippen LogP contribution < -0.4 is 5.32 Å². The highest BCUT2D eigenvalue weighted by molar-refractivity contribution is 5.00. The fourth-order valence-electron chi connectivity index (χ4n) is 3.25. The van der Waals surface area contributed by atoms with E-state index in [9.17, 15) is 0 Å². The molecule has 2 nitrogen and oxygen atoms in total. The van der Waals surface area contributed by atoms with E-state index in [2.05, 4.69) is 33.0 Å². The van der Waals surface area contributed by atoms with Crippen LogP contribution in [0.4, 0.5) is 0 Å². The van der Waals surface area contributed by atoms with Gasteiger partial charge >= 0.3 is 0 Å². The number of hydrogen-bond acceptors (Lipinski definition) is 2. The number of ether oxygens (including phenoxy) is 1. The molecule has 2 heteroatoms. The molecule has 0 saturated carbocycles. The van der Waals surface area contributed by atoms with Crippen LogP contribution in [0.25, 0.3) is 0 Å². The van der Waals surface area contributed by atoms with Crippen molar-refractivity contribution in [3.05, 3.63) is 0 Å². The molecule has 14 heavy (non-hydrogen) atoms. The highest BCUT2D eigenvalue weighted by atomic mass is 16.5. The number of rotatable bonds is 1. The first-order valence-electron chi connectivity index (χ1n) is 5.89. The molecule has 2 saturated heterocycles. The van der Waals surface area contributed by atoms with Crippen molar-refractivity contribution in [2.24, 2.45) is 17.8 Å². The fourth-order valence-corrected chi connectivity index (χ4v) is 3.25. The van der Waals surface area contributed by atoms with Crippen molar-refractivity contribution in [1.82, 2.24) is 5.32 Å². The van der Waals surface area contributed by atoms with Crippen molar-refractivity contribution in [2.45, 2.75) is 45.8 Å². The molecule has 0 aromatic heterocycles. The van der Waals surface area contributed by atoms with E-state index in [0.717, 1.165) is 25.0 Å². The standard InChI is InChI=1S/C12H23NO/c1-8(2)11-9-5-6-14-12(3,4)10(9)7-13-11/h8-11,13H,5-7H2,1-4H3. The summed E-state index contributed by atoms with van der Waals surface area (Å²) in [6, 6.07) is 0.711. The van der Waals surface area contributed by atoms with E-state index in [4.69, 9.17) is 4.74 Å². The zero-order valence-corrected chi connectivity index (χ0v) is 9.84. The summed E-state index contributed by atoms with van der Waals surface area (Å²) in [6.07, 6.45) is 1.24. The lowest BCUT2D eigenvalue weighted by Gasteiger charge is -2.41. The summed E-state index contributed by atoms with van der Waals surface area (Å²) >= 11 is 0. The molecule has 0 spiro atoms. The number of hydrogen-bond donors (Lipinski definition) is 1. The molecular formula is C12H23NO. The number of fused-ring (bicyclic) bond motifs is 1. The molecule has 3 unspecified atom stereocenters. The highest BCUT2D eigenvalue weighted by Gasteiger charge is 2.47. The van der Waals surface area contributed by atoms with Gasteiger partial charge < -0.3 is 10.1 Å². The smallest absolute Gasteiger partial charge is 0.0669 e. The molecule has 2 aliphatic heterocycles. The van der Waals surface area contributed by atoms with Gasteiger partial charge in [0.1, 0.15) is 0 Å². The third-order valence-electron chi connectivity index (χ3n) is 4.09. The fraction of sp³-hybridized carbons (Fsp3) is 1.00. The Balaban J connectivity index is 2.13. The second-order valence-corrected chi connectivity index (χ2v) is 5.69. The summed E-state index contributed by atoms with van der Waals surface area (Å²) in [4.78, 5) is 0. The minimum absolute atomic E-state index is 0.0829. The molecule has 3 atom stereocenters. The maximum atomic E-state index is 5.87. The summed E-state index contributed by atoms with van der Waals surface area (Å²) in [7, 11) is 0. The molecule has 1 N–H and O–H groups in total. The van der Waals surface area contributed by atoms with Crippen LogP contribution in [0, 0.1) is 17.8 Å². The Kier molecular flexibility index (Phi) is 2.61. The van der Waals surface area contributed by atoms with Gasteiger partial charge in [0.2, 0.25) is 0 Å². The molecule has 2 aliphatic rings. The van der Waals surface area contributed by atoms with Gasteiger partial charge in [-0.1, -0.05) is 13.8 Å². The molecule has 2 rings (SSSR count).